The maximum atomic E-state index is 12.8. The quantitative estimate of drug-likeness (QED) is 0.450. The van der Waals surface area contributed by atoms with Crippen LogP contribution in [0.5, 0.6) is 0 Å². The van der Waals surface area contributed by atoms with Gasteiger partial charge in [-0.2, -0.15) is 0 Å². The molecule has 1 heterocycles. The summed E-state index contributed by atoms with van der Waals surface area (Å²) in [5.74, 6) is -0.0410. The molecule has 2 aromatic carbocycles. The van der Waals surface area contributed by atoms with E-state index in [-0.39, 0.29) is 17.0 Å². The predicted octanol–water partition coefficient (Wildman–Crippen LogP) is 6.20. The van der Waals surface area contributed by atoms with Crippen LogP contribution in [0, 0.1) is 5.92 Å². The Labute approximate surface area is 189 Å². The van der Waals surface area contributed by atoms with Crippen molar-refractivity contribution in [1.82, 2.24) is 15.5 Å². The third kappa shape index (κ3) is 6.34. The van der Waals surface area contributed by atoms with Crippen LogP contribution in [0.25, 0.3) is 0 Å². The number of nitrogens with one attached hydrogen (secondary N) is 1. The zero-order chi connectivity index (χ0) is 20.8. The van der Waals surface area contributed by atoms with Gasteiger partial charge in [0.1, 0.15) is 5.03 Å². The van der Waals surface area contributed by atoms with Crippen LogP contribution in [0.3, 0.4) is 0 Å². The van der Waals surface area contributed by atoms with E-state index < -0.39 is 0 Å². The first-order valence-corrected chi connectivity index (χ1v) is 10.9. The Morgan fingerprint density at radius 1 is 1.07 bits per heavy atom. The molecule has 3 aromatic rings. The smallest absolute Gasteiger partial charge is 0.254 e. The maximum absolute atomic E-state index is 12.8. The van der Waals surface area contributed by atoms with Crippen molar-refractivity contribution < 1.29 is 4.79 Å². The van der Waals surface area contributed by atoms with Crippen molar-refractivity contribution >= 4 is 52.5 Å². The minimum atomic E-state index is -0.246. The molecule has 1 aromatic heterocycles. The van der Waals surface area contributed by atoms with Gasteiger partial charge in [-0.3, -0.25) is 4.79 Å². The van der Waals surface area contributed by atoms with Crippen molar-refractivity contribution in [3.63, 3.8) is 0 Å². The molecular formula is C21H18Cl3N3OS. The van der Waals surface area contributed by atoms with E-state index in [0.29, 0.717) is 22.2 Å². The predicted molar refractivity (Wildman–Crippen MR) is 119 cm³/mol. The van der Waals surface area contributed by atoms with Gasteiger partial charge in [-0.15, -0.1) is 10.2 Å². The summed E-state index contributed by atoms with van der Waals surface area (Å²) in [6, 6.07) is 16.5. The van der Waals surface area contributed by atoms with Crippen molar-refractivity contribution in [2.45, 2.75) is 23.3 Å². The molecule has 8 heteroatoms. The lowest BCUT2D eigenvalue weighted by Crippen LogP contribution is -2.29. The summed E-state index contributed by atoms with van der Waals surface area (Å²) in [6.07, 6.45) is 0.766. The Kier molecular flexibility index (Phi) is 7.78. The standard InChI is InChI=1S/C21H18Cl3N3OS/c1-13(10-14-4-2-3-5-18(14)23)12-25-20(28)17-11-19(24)26-27-21(17)29-16-8-6-15(22)7-9-16/h2-9,11,13H,10,12H2,1H3,(H,25,28). The van der Waals surface area contributed by atoms with Crippen LogP contribution in [-0.4, -0.2) is 22.6 Å². The Balaban J connectivity index is 1.67. The van der Waals surface area contributed by atoms with Gasteiger partial charge in [0.2, 0.25) is 0 Å². The molecule has 1 amide bonds. The number of hydrogen-bond donors (Lipinski definition) is 1. The summed E-state index contributed by atoms with van der Waals surface area (Å²) in [4.78, 5) is 13.7. The molecule has 1 atom stereocenters. The fourth-order valence-corrected chi connectivity index (χ4v) is 4.01. The SMILES string of the molecule is CC(CNC(=O)c1cc(Cl)nnc1Sc1ccc(Cl)cc1)Cc1ccccc1Cl. The Hall–Kier alpha value is -1.79. The Bertz CT molecular complexity index is 999. The molecular weight excluding hydrogens is 449 g/mol. The van der Waals surface area contributed by atoms with Gasteiger partial charge in [-0.25, -0.2) is 0 Å². The number of halogens is 3. The minimum Gasteiger partial charge on any atom is -0.352 e. The van der Waals surface area contributed by atoms with E-state index in [1.165, 1.54) is 17.8 Å². The van der Waals surface area contributed by atoms with Crippen LogP contribution in [0.4, 0.5) is 0 Å². The third-order valence-corrected chi connectivity index (χ3v) is 5.95. The van der Waals surface area contributed by atoms with Gasteiger partial charge < -0.3 is 5.32 Å². The van der Waals surface area contributed by atoms with Gasteiger partial charge in [0.15, 0.2) is 5.15 Å². The number of rotatable bonds is 7. The third-order valence-electron chi connectivity index (χ3n) is 4.14. The Morgan fingerprint density at radius 2 is 1.79 bits per heavy atom. The van der Waals surface area contributed by atoms with Gasteiger partial charge in [-0.05, 0) is 54.3 Å². The first-order valence-electron chi connectivity index (χ1n) is 8.90. The van der Waals surface area contributed by atoms with Crippen molar-refractivity contribution in [3.05, 3.63) is 80.9 Å². The first-order chi connectivity index (χ1) is 13.9. The average Bonchev–Trinajstić information content (AvgIpc) is 2.71. The van der Waals surface area contributed by atoms with Gasteiger partial charge in [0.05, 0.1) is 5.56 Å². The minimum absolute atomic E-state index is 0.166. The lowest BCUT2D eigenvalue weighted by Gasteiger charge is -2.14. The van der Waals surface area contributed by atoms with Gasteiger partial charge >= 0.3 is 0 Å². The highest BCUT2D eigenvalue weighted by Crippen LogP contribution is 2.30. The molecule has 3 rings (SSSR count). The van der Waals surface area contributed by atoms with Crippen molar-refractivity contribution in [1.29, 1.82) is 0 Å². The molecule has 4 nitrogen and oxygen atoms in total. The van der Waals surface area contributed by atoms with E-state index in [1.54, 1.807) is 12.1 Å². The van der Waals surface area contributed by atoms with Gasteiger partial charge in [-0.1, -0.05) is 71.7 Å². The second-order valence-corrected chi connectivity index (χ2v) is 8.85. The molecule has 0 bridgehead atoms. The lowest BCUT2D eigenvalue weighted by molar-refractivity contribution is 0.0944. The first kappa shape index (κ1) is 21.9. The van der Waals surface area contributed by atoms with E-state index in [0.717, 1.165) is 21.9 Å². The molecule has 0 aliphatic rings. The number of nitrogens with zero attached hydrogens (tertiary/aromatic N) is 2. The number of hydrogen-bond acceptors (Lipinski definition) is 4. The molecule has 1 N–H and O–H groups in total. The molecule has 0 spiro atoms. The number of amides is 1. The zero-order valence-electron chi connectivity index (χ0n) is 15.5. The monoisotopic (exact) mass is 465 g/mol. The summed E-state index contributed by atoms with van der Waals surface area (Å²) in [5, 5.41) is 12.9. The second kappa shape index (κ2) is 10.3. The molecule has 0 radical (unpaired) electrons. The van der Waals surface area contributed by atoms with E-state index >= 15 is 0 Å². The van der Waals surface area contributed by atoms with Crippen molar-refractivity contribution in [2.24, 2.45) is 5.92 Å². The summed E-state index contributed by atoms with van der Waals surface area (Å²) in [5.41, 5.74) is 1.44. The molecule has 29 heavy (non-hydrogen) atoms. The lowest BCUT2D eigenvalue weighted by atomic mass is 10.0. The van der Waals surface area contributed by atoms with Crippen molar-refractivity contribution in [3.8, 4) is 0 Å². The summed E-state index contributed by atoms with van der Waals surface area (Å²) in [7, 11) is 0. The molecule has 0 saturated carbocycles. The van der Waals surface area contributed by atoms with Gasteiger partial charge in [0, 0.05) is 21.5 Å². The Morgan fingerprint density at radius 3 is 2.52 bits per heavy atom. The van der Waals surface area contributed by atoms with E-state index in [4.69, 9.17) is 34.8 Å². The molecule has 0 saturated heterocycles. The molecule has 0 aliphatic carbocycles. The summed E-state index contributed by atoms with van der Waals surface area (Å²) < 4.78 is 0. The normalized spacial score (nSPS) is 11.9. The largest absolute Gasteiger partial charge is 0.352 e. The summed E-state index contributed by atoms with van der Waals surface area (Å²) >= 11 is 19.5. The van der Waals surface area contributed by atoms with Crippen LogP contribution in [-0.2, 0) is 6.42 Å². The molecule has 0 fully saturated rings. The van der Waals surface area contributed by atoms with Crippen LogP contribution >= 0.6 is 46.6 Å². The van der Waals surface area contributed by atoms with Crippen LogP contribution in [0.1, 0.15) is 22.8 Å². The number of benzene rings is 2. The van der Waals surface area contributed by atoms with Crippen LogP contribution in [0.15, 0.2) is 64.5 Å². The zero-order valence-corrected chi connectivity index (χ0v) is 18.6. The van der Waals surface area contributed by atoms with Crippen LogP contribution in [0.2, 0.25) is 15.2 Å². The van der Waals surface area contributed by atoms with Gasteiger partial charge in [0.25, 0.3) is 5.91 Å². The fraction of sp³-hybridized carbons (Fsp3) is 0.190. The second-order valence-electron chi connectivity index (χ2n) is 6.55. The molecule has 0 aliphatic heterocycles. The number of carbonyl (C=O) groups is 1. The van der Waals surface area contributed by atoms with E-state index in [1.807, 2.05) is 36.4 Å². The average molecular weight is 467 g/mol. The van der Waals surface area contributed by atoms with Crippen LogP contribution < -0.4 is 5.32 Å². The number of aromatic nitrogens is 2. The maximum Gasteiger partial charge on any atom is 0.254 e. The summed E-state index contributed by atoms with van der Waals surface area (Å²) in [6.45, 7) is 2.56. The number of carbonyl (C=O) groups excluding carboxylic acids is 1. The highest BCUT2D eigenvalue weighted by molar-refractivity contribution is 7.99. The van der Waals surface area contributed by atoms with Crippen molar-refractivity contribution in [2.75, 3.05) is 6.54 Å². The fourth-order valence-electron chi connectivity index (χ4n) is 2.68. The topological polar surface area (TPSA) is 54.9 Å². The highest BCUT2D eigenvalue weighted by atomic mass is 35.5. The molecule has 150 valence electrons. The van der Waals surface area contributed by atoms with E-state index in [2.05, 4.69) is 22.4 Å². The van der Waals surface area contributed by atoms with E-state index in [9.17, 15) is 4.79 Å². The molecule has 1 unspecified atom stereocenters. The highest BCUT2D eigenvalue weighted by Gasteiger charge is 2.17.